The first-order valence-corrected chi connectivity index (χ1v) is 5.25. The largest absolute Gasteiger partial charge is 0.329 e. The van der Waals surface area contributed by atoms with Gasteiger partial charge in [-0.3, -0.25) is 4.57 Å². The zero-order chi connectivity index (χ0) is 11.0. The number of pyridine rings is 1. The number of H-pyrrole nitrogens is 1. The molecule has 0 aliphatic heterocycles. The number of rotatable bonds is 2. The highest BCUT2D eigenvalue weighted by molar-refractivity contribution is 7.71. The van der Waals surface area contributed by atoms with Crippen LogP contribution in [0.5, 0.6) is 0 Å². The van der Waals surface area contributed by atoms with Gasteiger partial charge in [0, 0.05) is 11.2 Å². The number of aryl methyl sites for hydroxylation is 1. The van der Waals surface area contributed by atoms with Gasteiger partial charge in [0.25, 0.3) is 0 Å². The molecule has 2 rings (SSSR count). The van der Waals surface area contributed by atoms with Gasteiger partial charge in [0.1, 0.15) is 0 Å². The molecule has 0 radical (unpaired) electrons. The van der Waals surface area contributed by atoms with E-state index in [0.29, 0.717) is 16.3 Å². The van der Waals surface area contributed by atoms with Crippen LogP contribution in [0.25, 0.3) is 11.2 Å². The van der Waals surface area contributed by atoms with Gasteiger partial charge in [-0.15, -0.1) is 0 Å². The van der Waals surface area contributed by atoms with E-state index in [1.807, 2.05) is 17.6 Å². The van der Waals surface area contributed by atoms with Gasteiger partial charge in [0.2, 0.25) is 0 Å². The van der Waals surface area contributed by atoms with Crippen LogP contribution in [0.4, 0.5) is 0 Å². The van der Waals surface area contributed by atoms with Crippen molar-refractivity contribution < 1.29 is 0 Å². The fourth-order valence-electron chi connectivity index (χ4n) is 1.49. The van der Waals surface area contributed by atoms with Crippen molar-refractivity contribution in [2.45, 2.75) is 13.5 Å². The molecule has 2 aromatic rings. The Morgan fingerprint density at radius 3 is 3.13 bits per heavy atom. The molecule has 0 spiro atoms. The van der Waals surface area contributed by atoms with E-state index >= 15 is 0 Å². The van der Waals surface area contributed by atoms with Crippen molar-refractivity contribution in [2.24, 2.45) is 0 Å². The summed E-state index contributed by atoms with van der Waals surface area (Å²) in [6.45, 7) is 6.15. The summed E-state index contributed by atoms with van der Waals surface area (Å²) >= 11 is 11.0. The van der Waals surface area contributed by atoms with E-state index in [2.05, 4.69) is 16.5 Å². The molecule has 2 heterocycles. The summed E-state index contributed by atoms with van der Waals surface area (Å²) in [6, 6.07) is 1.94. The lowest BCUT2D eigenvalue weighted by molar-refractivity contribution is 0.814. The Kier molecular flexibility index (Phi) is 2.63. The number of nitrogens with zero attached hydrogens (tertiary/aromatic N) is 2. The minimum atomic E-state index is 0.483. The van der Waals surface area contributed by atoms with E-state index in [1.165, 1.54) is 0 Å². The van der Waals surface area contributed by atoms with Crippen molar-refractivity contribution >= 4 is 35.0 Å². The van der Waals surface area contributed by atoms with Crippen LogP contribution in [-0.2, 0) is 6.54 Å². The van der Waals surface area contributed by atoms with E-state index < -0.39 is 0 Å². The average Bonchev–Trinajstić information content (AvgIpc) is 2.45. The monoisotopic (exact) mass is 239 g/mol. The van der Waals surface area contributed by atoms with Gasteiger partial charge in [0.15, 0.2) is 10.4 Å². The van der Waals surface area contributed by atoms with Crippen molar-refractivity contribution in [1.29, 1.82) is 0 Å². The molecular weight excluding hydrogens is 230 g/mol. The van der Waals surface area contributed by atoms with Crippen molar-refractivity contribution in [1.82, 2.24) is 14.5 Å². The first kappa shape index (κ1) is 10.4. The molecule has 0 fully saturated rings. The predicted octanol–water partition coefficient (Wildman–Crippen LogP) is 3.15. The van der Waals surface area contributed by atoms with Gasteiger partial charge in [0.05, 0.1) is 12.1 Å². The lowest BCUT2D eigenvalue weighted by Gasteiger charge is -2.01. The molecule has 0 amide bonds. The first-order valence-electron chi connectivity index (χ1n) is 4.47. The van der Waals surface area contributed by atoms with Crippen molar-refractivity contribution in [3.05, 3.63) is 34.2 Å². The van der Waals surface area contributed by atoms with Crippen molar-refractivity contribution in [2.75, 3.05) is 0 Å². The first-order chi connectivity index (χ1) is 7.09. The number of aromatic nitrogens is 3. The zero-order valence-electron chi connectivity index (χ0n) is 8.25. The SMILES string of the molecule is C=C(Cl)Cn1c(=S)[nH]c2c(C)ccnc21. The van der Waals surface area contributed by atoms with Gasteiger partial charge >= 0.3 is 0 Å². The number of fused-ring (bicyclic) bond motifs is 1. The van der Waals surface area contributed by atoms with Gasteiger partial charge in [-0.2, -0.15) is 0 Å². The summed E-state index contributed by atoms with van der Waals surface area (Å²) in [4.78, 5) is 7.40. The number of halogens is 1. The van der Waals surface area contributed by atoms with Gasteiger partial charge in [-0.25, -0.2) is 4.98 Å². The molecule has 0 unspecified atom stereocenters. The molecule has 0 aliphatic carbocycles. The topological polar surface area (TPSA) is 33.6 Å². The molecular formula is C10H10ClN3S. The highest BCUT2D eigenvalue weighted by Crippen LogP contribution is 2.16. The van der Waals surface area contributed by atoms with Crippen LogP contribution in [0, 0.1) is 11.7 Å². The Hall–Kier alpha value is -1.13. The molecule has 5 heteroatoms. The molecule has 0 aliphatic rings. The molecule has 78 valence electrons. The molecule has 0 aromatic carbocycles. The summed E-state index contributed by atoms with van der Waals surface area (Å²) in [6.07, 6.45) is 1.76. The fourth-order valence-corrected chi connectivity index (χ4v) is 1.86. The van der Waals surface area contributed by atoms with E-state index in [0.717, 1.165) is 16.7 Å². The van der Waals surface area contributed by atoms with Gasteiger partial charge in [-0.1, -0.05) is 18.2 Å². The molecule has 0 saturated carbocycles. The zero-order valence-corrected chi connectivity index (χ0v) is 9.82. The fraction of sp³-hybridized carbons (Fsp3) is 0.200. The maximum Gasteiger partial charge on any atom is 0.179 e. The minimum absolute atomic E-state index is 0.483. The number of nitrogens with one attached hydrogen (secondary N) is 1. The maximum atomic E-state index is 5.78. The molecule has 3 nitrogen and oxygen atoms in total. The number of imidazole rings is 1. The molecule has 15 heavy (non-hydrogen) atoms. The number of hydrogen-bond donors (Lipinski definition) is 1. The van der Waals surface area contributed by atoms with Gasteiger partial charge in [-0.05, 0) is 30.8 Å². The van der Waals surface area contributed by atoms with Crippen LogP contribution in [0.3, 0.4) is 0 Å². The molecule has 2 aromatic heterocycles. The highest BCUT2D eigenvalue weighted by atomic mass is 35.5. The number of aromatic amines is 1. The van der Waals surface area contributed by atoms with Crippen LogP contribution in [-0.4, -0.2) is 14.5 Å². The number of allylic oxidation sites excluding steroid dienone is 1. The Labute approximate surface area is 97.4 Å². The Bertz CT molecular complexity index is 582. The van der Waals surface area contributed by atoms with Gasteiger partial charge < -0.3 is 4.98 Å². The lowest BCUT2D eigenvalue weighted by Crippen LogP contribution is -1.98. The van der Waals surface area contributed by atoms with Crippen LogP contribution < -0.4 is 0 Å². The molecule has 0 atom stereocenters. The minimum Gasteiger partial charge on any atom is -0.329 e. The third kappa shape index (κ3) is 1.82. The molecule has 0 bridgehead atoms. The lowest BCUT2D eigenvalue weighted by atomic mass is 10.3. The Morgan fingerprint density at radius 2 is 2.47 bits per heavy atom. The summed E-state index contributed by atoms with van der Waals surface area (Å²) in [5.41, 5.74) is 2.90. The van der Waals surface area contributed by atoms with Crippen LogP contribution in [0.15, 0.2) is 23.9 Å². The van der Waals surface area contributed by atoms with E-state index in [4.69, 9.17) is 23.8 Å². The molecule has 1 N–H and O–H groups in total. The predicted molar refractivity (Wildman–Crippen MR) is 64.6 cm³/mol. The van der Waals surface area contributed by atoms with Crippen LogP contribution >= 0.6 is 23.8 Å². The summed E-state index contributed by atoms with van der Waals surface area (Å²) < 4.78 is 2.46. The van der Waals surface area contributed by atoms with Crippen molar-refractivity contribution in [3.8, 4) is 0 Å². The third-order valence-electron chi connectivity index (χ3n) is 2.20. The number of hydrogen-bond acceptors (Lipinski definition) is 2. The normalized spacial score (nSPS) is 10.8. The standard InChI is InChI=1S/C10H10ClN3S/c1-6-3-4-12-9-8(6)13-10(15)14(9)5-7(2)11/h3-4H,2,5H2,1H3,(H,13,15). The quantitative estimate of drug-likeness (QED) is 0.817. The van der Waals surface area contributed by atoms with E-state index in [9.17, 15) is 0 Å². The van der Waals surface area contributed by atoms with E-state index in [-0.39, 0.29) is 0 Å². The second kappa shape index (κ2) is 3.79. The summed E-state index contributed by atoms with van der Waals surface area (Å²) in [5.74, 6) is 0. The third-order valence-corrected chi connectivity index (χ3v) is 2.64. The smallest absolute Gasteiger partial charge is 0.179 e. The molecule has 0 saturated heterocycles. The summed E-state index contributed by atoms with van der Waals surface area (Å²) in [7, 11) is 0. The van der Waals surface area contributed by atoms with Crippen LogP contribution in [0.1, 0.15) is 5.56 Å². The second-order valence-corrected chi connectivity index (χ2v) is 4.28. The van der Waals surface area contributed by atoms with E-state index in [1.54, 1.807) is 6.20 Å². The Morgan fingerprint density at radius 1 is 1.73 bits per heavy atom. The van der Waals surface area contributed by atoms with Crippen LogP contribution in [0.2, 0.25) is 0 Å². The summed E-state index contributed by atoms with van der Waals surface area (Å²) in [5, 5.41) is 0.537. The van der Waals surface area contributed by atoms with Crippen molar-refractivity contribution in [3.63, 3.8) is 0 Å². The second-order valence-electron chi connectivity index (χ2n) is 3.36. The maximum absolute atomic E-state index is 5.78. The Balaban J connectivity index is 2.74. The highest BCUT2D eigenvalue weighted by Gasteiger charge is 2.07. The average molecular weight is 240 g/mol.